The number of nitrogens with one attached hydrogen (secondary N) is 2. The van der Waals surface area contributed by atoms with E-state index >= 15 is 0 Å². The Balaban J connectivity index is 1.25. The van der Waals surface area contributed by atoms with Crippen molar-refractivity contribution >= 4 is 11.8 Å². The van der Waals surface area contributed by atoms with Crippen molar-refractivity contribution < 1.29 is 129 Å². The SMILES string of the molecule is CC(=O)N[C@H]1[C@H](OC[C@H]2OC(O)[C@H](O[C@@H]3O[C@H](CO)[C@@H](O[C@@H]4O[C@H](CO)[C@H](O)[C@H](O)[C@H]4O)[C@H](O)[C@H]3NC(C)=O)[C@@H](O)[C@H]2O)O[C@H](CO)[C@@H](O[C@@H]2O[C@H](CO)[C@H](O)[C@H](O)[C@H]2O)[C@@H]1O. The Labute approximate surface area is 351 Å². The molecule has 5 saturated heterocycles. The van der Waals surface area contributed by atoms with Crippen molar-refractivity contribution in [2.24, 2.45) is 0 Å². The Bertz CT molecular complexity index is 1440. The van der Waals surface area contributed by atoms with E-state index in [2.05, 4.69) is 10.6 Å². The van der Waals surface area contributed by atoms with Crippen LogP contribution in [0.25, 0.3) is 0 Å². The van der Waals surface area contributed by atoms with Crippen LogP contribution in [-0.4, -0.2) is 275 Å². The van der Waals surface area contributed by atoms with Crippen LogP contribution >= 0.6 is 0 Å². The van der Waals surface area contributed by atoms with Crippen LogP contribution in [0.1, 0.15) is 13.8 Å². The van der Waals surface area contributed by atoms with Gasteiger partial charge in [-0.2, -0.15) is 0 Å². The summed E-state index contributed by atoms with van der Waals surface area (Å²) >= 11 is 0. The highest BCUT2D eigenvalue weighted by atomic mass is 16.8. The molecular weight excluding hydrogens is 852 g/mol. The van der Waals surface area contributed by atoms with Gasteiger partial charge in [-0.15, -0.1) is 0 Å². The van der Waals surface area contributed by atoms with Gasteiger partial charge in [0, 0.05) is 13.8 Å². The molecule has 5 heterocycles. The first-order chi connectivity index (χ1) is 29.3. The summed E-state index contributed by atoms with van der Waals surface area (Å²) in [6, 6.07) is -3.18. The van der Waals surface area contributed by atoms with Gasteiger partial charge in [-0.1, -0.05) is 0 Å². The smallest absolute Gasteiger partial charge is 0.217 e. The molecule has 28 heteroatoms. The Morgan fingerprint density at radius 3 is 1.21 bits per heavy atom. The maximum absolute atomic E-state index is 12.2. The molecule has 0 saturated carbocycles. The molecule has 360 valence electrons. The molecule has 5 aliphatic heterocycles. The summed E-state index contributed by atoms with van der Waals surface area (Å²) in [6.07, 6.45) is -40.9. The van der Waals surface area contributed by atoms with Crippen molar-refractivity contribution in [3.63, 3.8) is 0 Å². The van der Waals surface area contributed by atoms with Crippen LogP contribution in [0, 0.1) is 0 Å². The number of rotatable bonds is 15. The van der Waals surface area contributed by atoms with E-state index in [0.29, 0.717) is 0 Å². The fourth-order valence-electron chi connectivity index (χ4n) is 7.72. The maximum atomic E-state index is 12.2. The lowest BCUT2D eigenvalue weighted by Gasteiger charge is -2.49. The molecule has 25 atom stereocenters. The van der Waals surface area contributed by atoms with Crippen molar-refractivity contribution in [1.82, 2.24) is 10.6 Å². The molecule has 0 aromatic heterocycles. The predicted octanol–water partition coefficient (Wildman–Crippen LogP) is -11.6. The number of carbonyl (C=O) groups excluding carboxylic acids is 2. The first-order valence-corrected chi connectivity index (χ1v) is 19.6. The van der Waals surface area contributed by atoms with Crippen LogP contribution in [0.3, 0.4) is 0 Å². The Morgan fingerprint density at radius 1 is 0.419 bits per heavy atom. The van der Waals surface area contributed by atoms with Crippen LogP contribution in [-0.2, 0) is 52.2 Å². The second-order valence-corrected chi connectivity index (χ2v) is 15.5. The quantitative estimate of drug-likeness (QED) is 0.0725. The summed E-state index contributed by atoms with van der Waals surface area (Å²) in [7, 11) is 0. The summed E-state index contributed by atoms with van der Waals surface area (Å²) in [4.78, 5) is 24.4. The number of carbonyl (C=O) groups is 2. The Hall–Kier alpha value is -2.02. The summed E-state index contributed by atoms with van der Waals surface area (Å²) in [5, 5.41) is 162. The van der Waals surface area contributed by atoms with Gasteiger partial charge in [0.1, 0.15) is 122 Å². The number of ether oxygens (including phenoxy) is 9. The fourth-order valence-corrected chi connectivity index (χ4v) is 7.72. The average Bonchev–Trinajstić information content (AvgIpc) is 3.23. The van der Waals surface area contributed by atoms with E-state index in [1.54, 1.807) is 0 Å². The van der Waals surface area contributed by atoms with Crippen molar-refractivity contribution in [2.45, 2.75) is 167 Å². The fraction of sp³-hybridized carbons (Fsp3) is 0.941. The van der Waals surface area contributed by atoms with E-state index in [9.17, 15) is 86.2 Å². The predicted molar refractivity (Wildman–Crippen MR) is 190 cm³/mol. The van der Waals surface area contributed by atoms with Gasteiger partial charge in [-0.25, -0.2) is 0 Å². The monoisotopic (exact) mass is 910 g/mol. The third-order valence-electron chi connectivity index (χ3n) is 11.1. The summed E-state index contributed by atoms with van der Waals surface area (Å²) in [6.45, 7) is -2.10. The minimum atomic E-state index is -2.14. The van der Waals surface area contributed by atoms with E-state index < -0.39 is 198 Å². The Kier molecular flexibility index (Phi) is 18.1. The van der Waals surface area contributed by atoms with E-state index in [1.165, 1.54) is 0 Å². The van der Waals surface area contributed by atoms with Crippen LogP contribution in [0.4, 0.5) is 0 Å². The molecule has 0 radical (unpaired) electrons. The third kappa shape index (κ3) is 11.0. The van der Waals surface area contributed by atoms with Crippen molar-refractivity contribution in [3.8, 4) is 0 Å². The number of amides is 2. The molecule has 2 amide bonds. The molecule has 28 nitrogen and oxygen atoms in total. The zero-order chi connectivity index (χ0) is 45.9. The topological polar surface area (TPSA) is 445 Å². The van der Waals surface area contributed by atoms with E-state index in [-0.39, 0.29) is 0 Å². The van der Waals surface area contributed by atoms with Gasteiger partial charge >= 0.3 is 0 Å². The van der Waals surface area contributed by atoms with Crippen LogP contribution in [0.15, 0.2) is 0 Å². The molecule has 5 fully saturated rings. The van der Waals surface area contributed by atoms with Gasteiger partial charge in [-0.3, -0.25) is 9.59 Å². The van der Waals surface area contributed by atoms with Gasteiger partial charge in [0.05, 0.1) is 33.0 Å². The van der Waals surface area contributed by atoms with Crippen LogP contribution in [0.5, 0.6) is 0 Å². The molecule has 1 unspecified atom stereocenters. The highest BCUT2D eigenvalue weighted by Crippen LogP contribution is 2.34. The second kappa shape index (κ2) is 22.0. The zero-order valence-corrected chi connectivity index (χ0v) is 33.2. The highest BCUT2D eigenvalue weighted by Gasteiger charge is 2.55. The zero-order valence-electron chi connectivity index (χ0n) is 33.2. The molecule has 0 aliphatic carbocycles. The van der Waals surface area contributed by atoms with Crippen molar-refractivity contribution in [3.05, 3.63) is 0 Å². The second-order valence-electron chi connectivity index (χ2n) is 15.5. The maximum Gasteiger partial charge on any atom is 0.217 e. The molecular formula is C34H58N2O26. The van der Waals surface area contributed by atoms with Gasteiger partial charge in [-0.05, 0) is 0 Å². The van der Waals surface area contributed by atoms with Gasteiger partial charge < -0.3 is 130 Å². The van der Waals surface area contributed by atoms with E-state index in [4.69, 9.17) is 42.6 Å². The van der Waals surface area contributed by atoms with E-state index in [0.717, 1.165) is 13.8 Å². The third-order valence-corrected chi connectivity index (χ3v) is 11.1. The molecule has 17 N–H and O–H groups in total. The van der Waals surface area contributed by atoms with Crippen molar-refractivity contribution in [1.29, 1.82) is 0 Å². The lowest BCUT2D eigenvalue weighted by molar-refractivity contribution is -0.372. The van der Waals surface area contributed by atoms with Crippen molar-refractivity contribution in [2.75, 3.05) is 33.0 Å². The molecule has 0 bridgehead atoms. The normalized spacial score (nSPS) is 49.0. The highest BCUT2D eigenvalue weighted by molar-refractivity contribution is 5.73. The molecule has 5 rings (SSSR count). The number of hydrogen-bond donors (Lipinski definition) is 17. The summed E-state index contributed by atoms with van der Waals surface area (Å²) < 4.78 is 50.3. The first kappa shape index (κ1) is 51.0. The molecule has 0 spiro atoms. The lowest BCUT2D eigenvalue weighted by atomic mass is 9.94. The van der Waals surface area contributed by atoms with Crippen LogP contribution < -0.4 is 10.6 Å². The molecule has 0 aromatic carbocycles. The summed E-state index contributed by atoms with van der Waals surface area (Å²) in [5.74, 6) is -1.51. The standard InChI is InChI=1S/C34H58N2O26/c1-8(41)35-15-20(46)27(60-33-25(51)22(48)17(43)10(3-37)56-33)12(5-39)58-31(15)54-7-14-19(45)24(50)29(30(53)55-14)62-32-16(36-9(2)42)21(47)28(13(6-40)59-32)61-34-26(52)23(49)18(44)11(4-38)57-34/h10-34,37-40,43-53H,3-7H2,1-2H3,(H,35,41)(H,36,42)/t10-,11-,12-,13-,14-,15-,16-,17+,18+,19+,20-,21-,22+,23+,24+,25-,26-,27-,28-,29-,30?,31-,32+,33+,34+/m1/s1. The Morgan fingerprint density at radius 2 is 0.790 bits per heavy atom. The van der Waals surface area contributed by atoms with Gasteiger partial charge in [0.15, 0.2) is 31.5 Å². The minimum absolute atomic E-state index is 0.733. The van der Waals surface area contributed by atoms with E-state index in [1.807, 2.05) is 0 Å². The number of hydrogen-bond acceptors (Lipinski definition) is 26. The molecule has 62 heavy (non-hydrogen) atoms. The average molecular weight is 911 g/mol. The number of aliphatic hydroxyl groups excluding tert-OH is 15. The van der Waals surface area contributed by atoms with Gasteiger partial charge in [0.25, 0.3) is 0 Å². The van der Waals surface area contributed by atoms with Gasteiger partial charge in [0.2, 0.25) is 11.8 Å². The first-order valence-electron chi connectivity index (χ1n) is 19.6. The van der Waals surface area contributed by atoms with Crippen LogP contribution in [0.2, 0.25) is 0 Å². The lowest BCUT2D eigenvalue weighted by Crippen LogP contribution is -2.69. The summed E-state index contributed by atoms with van der Waals surface area (Å²) in [5.41, 5.74) is 0. The molecule has 5 aliphatic rings. The molecule has 0 aromatic rings. The minimum Gasteiger partial charge on any atom is -0.394 e. The number of aliphatic hydroxyl groups is 15. The largest absolute Gasteiger partial charge is 0.394 e.